The summed E-state index contributed by atoms with van der Waals surface area (Å²) in [4.78, 5) is 18.2. The van der Waals surface area contributed by atoms with E-state index in [1.807, 2.05) is 12.1 Å². The molecule has 134 valence electrons. The first-order chi connectivity index (χ1) is 11.9. The van der Waals surface area contributed by atoms with Gasteiger partial charge in [-0.3, -0.25) is 0 Å². The number of aliphatic carboxylic acids is 2. The molecule has 0 saturated heterocycles. The maximum absolute atomic E-state index is 9.10. The Morgan fingerprint density at radius 1 is 1.04 bits per heavy atom. The van der Waals surface area contributed by atoms with E-state index in [0.29, 0.717) is 0 Å². The van der Waals surface area contributed by atoms with E-state index in [2.05, 4.69) is 57.6 Å². The van der Waals surface area contributed by atoms with Gasteiger partial charge in [0.2, 0.25) is 0 Å². The van der Waals surface area contributed by atoms with Crippen LogP contribution in [0, 0.1) is 0 Å². The summed E-state index contributed by atoms with van der Waals surface area (Å²) in [6.07, 6.45) is 1.01. The number of nitrogens with one attached hydrogen (secondary N) is 1. The van der Waals surface area contributed by atoms with Crippen molar-refractivity contribution >= 4 is 27.9 Å². The lowest BCUT2D eigenvalue weighted by molar-refractivity contribution is -0.159. The SMILES string of the molecule is COc1cccc(CCNCc2ccc(Br)cc2)c1.O=C(O)C(=O)O. The highest BCUT2D eigenvalue weighted by Crippen LogP contribution is 2.13. The summed E-state index contributed by atoms with van der Waals surface area (Å²) in [5, 5.41) is 18.2. The van der Waals surface area contributed by atoms with Crippen LogP contribution in [0.5, 0.6) is 5.75 Å². The van der Waals surface area contributed by atoms with Crippen LogP contribution in [0.3, 0.4) is 0 Å². The van der Waals surface area contributed by atoms with Gasteiger partial charge in [-0.25, -0.2) is 9.59 Å². The molecule has 3 N–H and O–H groups in total. The maximum atomic E-state index is 9.10. The predicted molar refractivity (Wildman–Crippen MR) is 97.8 cm³/mol. The van der Waals surface area contributed by atoms with Crippen LogP contribution in [0.2, 0.25) is 0 Å². The van der Waals surface area contributed by atoms with Crippen molar-refractivity contribution in [2.45, 2.75) is 13.0 Å². The summed E-state index contributed by atoms with van der Waals surface area (Å²) in [6.45, 7) is 1.86. The zero-order valence-electron chi connectivity index (χ0n) is 13.7. The Labute approximate surface area is 154 Å². The maximum Gasteiger partial charge on any atom is 0.414 e. The highest BCUT2D eigenvalue weighted by molar-refractivity contribution is 9.10. The molecule has 0 radical (unpaired) electrons. The average molecular weight is 410 g/mol. The van der Waals surface area contributed by atoms with E-state index in [-0.39, 0.29) is 0 Å². The van der Waals surface area contributed by atoms with Crippen molar-refractivity contribution in [3.8, 4) is 5.75 Å². The van der Waals surface area contributed by atoms with Gasteiger partial charge in [-0.2, -0.15) is 0 Å². The molecule has 0 amide bonds. The molecule has 25 heavy (non-hydrogen) atoms. The van der Waals surface area contributed by atoms with Crippen LogP contribution in [0.1, 0.15) is 11.1 Å². The summed E-state index contributed by atoms with van der Waals surface area (Å²) < 4.78 is 6.33. The molecule has 2 aromatic carbocycles. The topological polar surface area (TPSA) is 95.9 Å². The molecule has 0 aliphatic carbocycles. The van der Waals surface area contributed by atoms with Crippen LogP contribution in [0.25, 0.3) is 0 Å². The number of ether oxygens (including phenoxy) is 1. The molecule has 0 bridgehead atoms. The Balaban J connectivity index is 0.000000450. The van der Waals surface area contributed by atoms with Crippen molar-refractivity contribution in [3.05, 3.63) is 64.1 Å². The van der Waals surface area contributed by atoms with E-state index in [0.717, 1.165) is 29.7 Å². The molecular formula is C18H20BrNO5. The highest BCUT2D eigenvalue weighted by atomic mass is 79.9. The number of benzene rings is 2. The van der Waals surface area contributed by atoms with E-state index >= 15 is 0 Å². The lowest BCUT2D eigenvalue weighted by atomic mass is 10.1. The second-order valence-electron chi connectivity index (χ2n) is 5.02. The number of hydrogen-bond donors (Lipinski definition) is 3. The van der Waals surface area contributed by atoms with Crippen LogP contribution < -0.4 is 10.1 Å². The third-order valence-corrected chi connectivity index (χ3v) is 3.68. The number of hydrogen-bond acceptors (Lipinski definition) is 4. The zero-order chi connectivity index (χ0) is 18.7. The third kappa shape index (κ3) is 8.88. The molecule has 2 rings (SSSR count). The Hall–Kier alpha value is -2.38. The van der Waals surface area contributed by atoms with Crippen molar-refractivity contribution in [2.75, 3.05) is 13.7 Å². The Kier molecular flexibility index (Phi) is 9.28. The summed E-state index contributed by atoms with van der Waals surface area (Å²) in [5.74, 6) is -2.73. The largest absolute Gasteiger partial charge is 0.497 e. The van der Waals surface area contributed by atoms with Crippen LogP contribution >= 0.6 is 15.9 Å². The molecule has 0 aliphatic rings. The average Bonchev–Trinajstić information content (AvgIpc) is 2.61. The molecule has 0 saturated carbocycles. The van der Waals surface area contributed by atoms with Gasteiger partial charge in [0, 0.05) is 11.0 Å². The number of carbonyl (C=O) groups is 2. The minimum atomic E-state index is -1.82. The molecule has 0 aliphatic heterocycles. The minimum absolute atomic E-state index is 0.900. The van der Waals surface area contributed by atoms with Gasteiger partial charge in [0.05, 0.1) is 7.11 Å². The monoisotopic (exact) mass is 409 g/mol. The minimum Gasteiger partial charge on any atom is -0.497 e. The lowest BCUT2D eigenvalue weighted by Gasteiger charge is -2.06. The van der Waals surface area contributed by atoms with Gasteiger partial charge in [0.15, 0.2) is 0 Å². The normalized spacial score (nSPS) is 9.68. The first-order valence-corrected chi connectivity index (χ1v) is 8.26. The summed E-state index contributed by atoms with van der Waals surface area (Å²) in [5.41, 5.74) is 2.59. The standard InChI is InChI=1S/C16H18BrNO.C2H2O4/c1-19-16-4-2-3-13(11-16)9-10-18-12-14-5-7-15(17)8-6-14;3-1(4)2(5)6/h2-8,11,18H,9-10,12H2,1H3;(H,3,4)(H,5,6). The molecule has 0 spiro atoms. The Bertz CT molecular complexity index is 676. The van der Waals surface area contributed by atoms with Gasteiger partial charge in [0.1, 0.15) is 5.75 Å². The smallest absolute Gasteiger partial charge is 0.414 e. The molecule has 2 aromatic rings. The first kappa shape index (κ1) is 20.7. The van der Waals surface area contributed by atoms with Gasteiger partial charge in [-0.05, 0) is 48.4 Å². The Morgan fingerprint density at radius 2 is 1.68 bits per heavy atom. The number of carboxylic acids is 2. The zero-order valence-corrected chi connectivity index (χ0v) is 15.3. The number of carboxylic acid groups (broad SMARTS) is 2. The fraction of sp³-hybridized carbons (Fsp3) is 0.222. The van der Waals surface area contributed by atoms with Crippen molar-refractivity contribution in [1.29, 1.82) is 0 Å². The predicted octanol–water partition coefficient (Wildman–Crippen LogP) is 2.95. The summed E-state index contributed by atoms with van der Waals surface area (Å²) >= 11 is 3.44. The molecule has 0 unspecified atom stereocenters. The molecule has 0 atom stereocenters. The van der Waals surface area contributed by atoms with Crippen LogP contribution in [-0.4, -0.2) is 35.8 Å². The van der Waals surface area contributed by atoms with Crippen LogP contribution in [-0.2, 0) is 22.6 Å². The van der Waals surface area contributed by atoms with Crippen LogP contribution in [0.15, 0.2) is 53.0 Å². The molecule has 6 nitrogen and oxygen atoms in total. The second kappa shape index (κ2) is 11.2. The van der Waals surface area contributed by atoms with Crippen molar-refractivity contribution in [2.24, 2.45) is 0 Å². The van der Waals surface area contributed by atoms with Crippen molar-refractivity contribution in [1.82, 2.24) is 5.32 Å². The van der Waals surface area contributed by atoms with Gasteiger partial charge in [-0.1, -0.05) is 40.2 Å². The van der Waals surface area contributed by atoms with Crippen molar-refractivity contribution < 1.29 is 24.5 Å². The fourth-order valence-electron chi connectivity index (χ4n) is 1.90. The molecule has 0 heterocycles. The summed E-state index contributed by atoms with van der Waals surface area (Å²) in [7, 11) is 1.70. The van der Waals surface area contributed by atoms with E-state index in [1.165, 1.54) is 11.1 Å². The van der Waals surface area contributed by atoms with Crippen LogP contribution in [0.4, 0.5) is 0 Å². The second-order valence-corrected chi connectivity index (χ2v) is 5.93. The number of halogens is 1. The molecule has 0 fully saturated rings. The summed E-state index contributed by atoms with van der Waals surface area (Å²) in [6, 6.07) is 16.6. The van der Waals surface area contributed by atoms with Gasteiger partial charge >= 0.3 is 11.9 Å². The first-order valence-electron chi connectivity index (χ1n) is 7.46. The van der Waals surface area contributed by atoms with E-state index in [1.54, 1.807) is 7.11 Å². The number of methoxy groups -OCH3 is 1. The van der Waals surface area contributed by atoms with Gasteiger partial charge in [-0.15, -0.1) is 0 Å². The van der Waals surface area contributed by atoms with E-state index in [9.17, 15) is 0 Å². The third-order valence-electron chi connectivity index (χ3n) is 3.15. The van der Waals surface area contributed by atoms with E-state index < -0.39 is 11.9 Å². The van der Waals surface area contributed by atoms with E-state index in [4.69, 9.17) is 24.5 Å². The quantitative estimate of drug-likeness (QED) is 0.501. The highest BCUT2D eigenvalue weighted by Gasteiger charge is 2.04. The lowest BCUT2D eigenvalue weighted by Crippen LogP contribution is -2.16. The molecular weight excluding hydrogens is 390 g/mol. The molecule has 0 aromatic heterocycles. The van der Waals surface area contributed by atoms with Crippen molar-refractivity contribution in [3.63, 3.8) is 0 Å². The van der Waals surface area contributed by atoms with Gasteiger partial charge in [0.25, 0.3) is 0 Å². The fourth-order valence-corrected chi connectivity index (χ4v) is 2.16. The molecule has 7 heteroatoms. The number of rotatable bonds is 6. The van der Waals surface area contributed by atoms with Gasteiger partial charge < -0.3 is 20.3 Å². The Morgan fingerprint density at radius 3 is 2.24 bits per heavy atom.